The van der Waals surface area contributed by atoms with Crippen molar-refractivity contribution in [1.29, 1.82) is 0 Å². The highest BCUT2D eigenvalue weighted by molar-refractivity contribution is 5.85. The average Bonchev–Trinajstić information content (AvgIpc) is 2.95. The Kier molecular flexibility index (Phi) is 9.54. The molecule has 1 N–H and O–H groups in total. The van der Waals surface area contributed by atoms with Gasteiger partial charge in [-0.2, -0.15) is 0 Å². The molecule has 2 fully saturated rings. The predicted molar refractivity (Wildman–Crippen MR) is 157 cm³/mol. The van der Waals surface area contributed by atoms with Crippen molar-refractivity contribution in [3.05, 3.63) is 59.7 Å². The van der Waals surface area contributed by atoms with Gasteiger partial charge in [0.2, 0.25) is 5.91 Å². The van der Waals surface area contributed by atoms with Crippen molar-refractivity contribution in [3.63, 3.8) is 0 Å². The van der Waals surface area contributed by atoms with Crippen LogP contribution in [0.2, 0.25) is 0 Å². The molecule has 212 valence electrons. The summed E-state index contributed by atoms with van der Waals surface area (Å²) < 4.78 is 6.25. The van der Waals surface area contributed by atoms with E-state index in [-0.39, 0.29) is 17.7 Å². The van der Waals surface area contributed by atoms with Crippen LogP contribution in [-0.2, 0) is 16.1 Å². The van der Waals surface area contributed by atoms with Gasteiger partial charge in [0.05, 0.1) is 5.92 Å². The first-order valence-corrected chi connectivity index (χ1v) is 14.6. The molecular weight excluding hydrogens is 488 g/mol. The molecule has 0 spiro atoms. The highest BCUT2D eigenvalue weighted by atomic mass is 16.5. The van der Waals surface area contributed by atoms with Gasteiger partial charge in [-0.05, 0) is 62.8 Å². The first-order chi connectivity index (χ1) is 18.7. The SMILES string of the molecule is CCN(Cc1ccc(C(C)C)cc1)C(=O)C1CCCN(c2cccc(OC(C)(C)C(=O)N3CCNCC3)c2)C1. The number of nitrogens with zero attached hydrogens (tertiary/aromatic N) is 3. The number of hydrogen-bond acceptors (Lipinski definition) is 5. The second-order valence-corrected chi connectivity index (χ2v) is 11.7. The maximum Gasteiger partial charge on any atom is 0.266 e. The van der Waals surface area contributed by atoms with E-state index in [0.717, 1.165) is 38.2 Å². The molecule has 2 saturated heterocycles. The van der Waals surface area contributed by atoms with Crippen molar-refractivity contribution in [2.24, 2.45) is 5.92 Å². The van der Waals surface area contributed by atoms with Crippen LogP contribution in [0.4, 0.5) is 5.69 Å². The lowest BCUT2D eigenvalue weighted by Crippen LogP contribution is -2.54. The van der Waals surface area contributed by atoms with Crippen LogP contribution in [-0.4, -0.2) is 73.0 Å². The first kappa shape index (κ1) is 28.9. The summed E-state index contributed by atoms with van der Waals surface area (Å²) in [5.74, 6) is 1.37. The van der Waals surface area contributed by atoms with Gasteiger partial charge in [-0.3, -0.25) is 9.59 Å². The van der Waals surface area contributed by atoms with E-state index < -0.39 is 5.60 Å². The summed E-state index contributed by atoms with van der Waals surface area (Å²) in [6.07, 6.45) is 1.87. The maximum absolute atomic E-state index is 13.6. The monoisotopic (exact) mass is 534 g/mol. The van der Waals surface area contributed by atoms with Crippen LogP contribution in [0, 0.1) is 5.92 Å². The highest BCUT2D eigenvalue weighted by Gasteiger charge is 2.35. The first-order valence-electron chi connectivity index (χ1n) is 14.6. The lowest BCUT2D eigenvalue weighted by atomic mass is 9.95. The molecule has 7 nitrogen and oxygen atoms in total. The summed E-state index contributed by atoms with van der Waals surface area (Å²) in [4.78, 5) is 32.9. The molecule has 1 atom stereocenters. The van der Waals surface area contributed by atoms with E-state index >= 15 is 0 Å². The number of amides is 2. The molecule has 2 aromatic carbocycles. The number of carbonyl (C=O) groups excluding carboxylic acids is 2. The second-order valence-electron chi connectivity index (χ2n) is 11.7. The molecule has 1 unspecified atom stereocenters. The third kappa shape index (κ3) is 7.33. The fourth-order valence-electron chi connectivity index (χ4n) is 5.58. The van der Waals surface area contributed by atoms with Crippen LogP contribution in [0.15, 0.2) is 48.5 Å². The van der Waals surface area contributed by atoms with Gasteiger partial charge >= 0.3 is 0 Å². The van der Waals surface area contributed by atoms with Crippen LogP contribution in [0.5, 0.6) is 5.75 Å². The average molecular weight is 535 g/mol. The Hall–Kier alpha value is -3.06. The van der Waals surface area contributed by atoms with Crippen LogP contribution < -0.4 is 15.0 Å². The predicted octanol–water partition coefficient (Wildman–Crippen LogP) is 4.66. The fourth-order valence-corrected chi connectivity index (χ4v) is 5.58. The topological polar surface area (TPSA) is 65.1 Å². The minimum Gasteiger partial charge on any atom is -0.478 e. The normalized spacial score (nSPS) is 18.3. The van der Waals surface area contributed by atoms with Gasteiger partial charge in [0.1, 0.15) is 5.75 Å². The Morgan fingerprint density at radius 3 is 2.46 bits per heavy atom. The summed E-state index contributed by atoms with van der Waals surface area (Å²) in [6.45, 7) is 16.1. The number of piperidine rings is 1. The summed E-state index contributed by atoms with van der Waals surface area (Å²) in [5.41, 5.74) is 2.57. The zero-order valence-electron chi connectivity index (χ0n) is 24.4. The maximum atomic E-state index is 13.6. The number of rotatable bonds is 9. The summed E-state index contributed by atoms with van der Waals surface area (Å²) >= 11 is 0. The van der Waals surface area contributed by atoms with E-state index in [2.05, 4.69) is 61.3 Å². The molecular formula is C32H46N4O3. The molecule has 0 bridgehead atoms. The van der Waals surface area contributed by atoms with Crippen molar-refractivity contribution < 1.29 is 14.3 Å². The molecule has 2 aliphatic heterocycles. The zero-order valence-corrected chi connectivity index (χ0v) is 24.4. The number of carbonyl (C=O) groups is 2. The molecule has 7 heteroatoms. The van der Waals surface area contributed by atoms with Gasteiger partial charge < -0.3 is 24.8 Å². The zero-order chi connectivity index (χ0) is 28.0. The van der Waals surface area contributed by atoms with Crippen molar-refractivity contribution in [1.82, 2.24) is 15.1 Å². The van der Waals surface area contributed by atoms with E-state index in [1.807, 2.05) is 41.8 Å². The highest BCUT2D eigenvalue weighted by Crippen LogP contribution is 2.30. The van der Waals surface area contributed by atoms with Crippen LogP contribution in [0.3, 0.4) is 0 Å². The molecule has 0 radical (unpaired) electrons. The largest absolute Gasteiger partial charge is 0.478 e. The van der Waals surface area contributed by atoms with E-state index in [9.17, 15) is 9.59 Å². The standard InChI is InChI=1S/C32H46N4O3/c1-6-34(22-25-12-14-26(15-13-25)24(2)3)30(37)27-9-8-18-36(23-27)28-10-7-11-29(21-28)39-32(4,5)31(38)35-19-16-33-17-20-35/h7,10-15,21,24,27,33H,6,8-9,16-20,22-23H2,1-5H3. The minimum absolute atomic E-state index is 0.0107. The molecule has 4 rings (SSSR count). The van der Waals surface area contributed by atoms with Gasteiger partial charge in [0.15, 0.2) is 5.60 Å². The van der Waals surface area contributed by atoms with Crippen LogP contribution in [0.25, 0.3) is 0 Å². The molecule has 0 saturated carbocycles. The van der Waals surface area contributed by atoms with Gasteiger partial charge in [0, 0.05) is 64.1 Å². The summed E-state index contributed by atoms with van der Waals surface area (Å²) in [7, 11) is 0. The Morgan fingerprint density at radius 2 is 1.79 bits per heavy atom. The van der Waals surface area contributed by atoms with Crippen LogP contribution >= 0.6 is 0 Å². The van der Waals surface area contributed by atoms with Gasteiger partial charge in [0.25, 0.3) is 5.91 Å². The third-order valence-corrected chi connectivity index (χ3v) is 7.96. The molecule has 2 amide bonds. The quantitative estimate of drug-likeness (QED) is 0.507. The number of benzene rings is 2. The Bertz CT molecular complexity index is 1110. The number of piperazine rings is 1. The second kappa shape index (κ2) is 12.9. The summed E-state index contributed by atoms with van der Waals surface area (Å²) in [5, 5.41) is 3.29. The third-order valence-electron chi connectivity index (χ3n) is 7.96. The van der Waals surface area contributed by atoms with E-state index in [4.69, 9.17) is 4.74 Å². The van der Waals surface area contributed by atoms with E-state index in [1.54, 1.807) is 0 Å². The number of anilines is 1. The van der Waals surface area contributed by atoms with Crippen molar-refractivity contribution in [3.8, 4) is 5.75 Å². The van der Waals surface area contributed by atoms with Crippen LogP contribution in [0.1, 0.15) is 64.5 Å². The molecule has 2 heterocycles. The van der Waals surface area contributed by atoms with Crippen molar-refractivity contribution >= 4 is 17.5 Å². The fraction of sp³-hybridized carbons (Fsp3) is 0.562. The van der Waals surface area contributed by atoms with Gasteiger partial charge in [-0.15, -0.1) is 0 Å². The van der Waals surface area contributed by atoms with E-state index in [1.165, 1.54) is 11.1 Å². The Morgan fingerprint density at radius 1 is 1.08 bits per heavy atom. The number of nitrogens with one attached hydrogen (secondary N) is 1. The van der Waals surface area contributed by atoms with Gasteiger partial charge in [-0.1, -0.05) is 44.2 Å². The smallest absolute Gasteiger partial charge is 0.266 e. The Labute approximate surface area is 234 Å². The number of hydrogen-bond donors (Lipinski definition) is 1. The lowest BCUT2D eigenvalue weighted by Gasteiger charge is -2.37. The van der Waals surface area contributed by atoms with Gasteiger partial charge in [-0.25, -0.2) is 0 Å². The molecule has 0 aromatic heterocycles. The van der Waals surface area contributed by atoms with Crippen molar-refractivity contribution in [2.75, 3.05) is 50.7 Å². The molecule has 0 aliphatic carbocycles. The minimum atomic E-state index is -0.953. The molecule has 2 aliphatic rings. The number of ether oxygens (including phenoxy) is 1. The molecule has 2 aromatic rings. The van der Waals surface area contributed by atoms with E-state index in [0.29, 0.717) is 44.4 Å². The Balaban J connectivity index is 1.39. The lowest BCUT2D eigenvalue weighted by molar-refractivity contribution is -0.146. The molecule has 39 heavy (non-hydrogen) atoms. The summed E-state index contributed by atoms with van der Waals surface area (Å²) in [6, 6.07) is 16.6. The van der Waals surface area contributed by atoms with Crippen molar-refractivity contribution in [2.45, 2.75) is 65.5 Å².